The molecule has 0 fully saturated rings. The first kappa shape index (κ1) is 31.8. The molecule has 1 aliphatic heterocycles. The highest BCUT2D eigenvalue weighted by molar-refractivity contribution is 8.00. The Morgan fingerprint density at radius 2 is 1.89 bits per heavy atom. The predicted molar refractivity (Wildman–Crippen MR) is 178 cm³/mol. The second-order valence-corrected chi connectivity index (χ2v) is 13.4. The molecule has 0 aliphatic carbocycles. The van der Waals surface area contributed by atoms with Gasteiger partial charge in [0.05, 0.1) is 18.2 Å². The molecular weight excluding hydrogens is 637 g/mol. The van der Waals surface area contributed by atoms with Crippen molar-refractivity contribution in [3.63, 3.8) is 0 Å². The topological polar surface area (TPSA) is 92.6 Å². The highest BCUT2D eigenvalue weighted by Gasteiger charge is 2.45. The van der Waals surface area contributed by atoms with Crippen LogP contribution in [0.25, 0.3) is 6.08 Å². The lowest BCUT2D eigenvalue weighted by atomic mass is 9.95. The lowest BCUT2D eigenvalue weighted by Gasteiger charge is -2.24. The van der Waals surface area contributed by atoms with Crippen LogP contribution in [0.4, 0.5) is 5.13 Å². The number of thioether (sulfide) groups is 1. The predicted octanol–water partition coefficient (Wildman–Crippen LogP) is 8.74. The van der Waals surface area contributed by atoms with E-state index in [0.717, 1.165) is 17.5 Å². The monoisotopic (exact) mass is 665 g/mol. The lowest BCUT2D eigenvalue weighted by molar-refractivity contribution is -0.117. The van der Waals surface area contributed by atoms with Gasteiger partial charge in [0.15, 0.2) is 15.9 Å². The van der Waals surface area contributed by atoms with Crippen molar-refractivity contribution in [2.75, 3.05) is 11.5 Å². The summed E-state index contributed by atoms with van der Waals surface area (Å²) in [6.07, 6.45) is 3.89. The van der Waals surface area contributed by atoms with E-state index in [1.165, 1.54) is 34.1 Å². The van der Waals surface area contributed by atoms with Crippen molar-refractivity contribution >= 4 is 69.2 Å². The zero-order chi connectivity index (χ0) is 31.2. The van der Waals surface area contributed by atoms with E-state index in [-0.39, 0.29) is 10.7 Å². The molecule has 1 atom stereocenters. The summed E-state index contributed by atoms with van der Waals surface area (Å²) in [6, 6.07) is 20.9. The largest absolute Gasteiger partial charge is 0.503 e. The molecule has 4 aromatic rings. The first-order valence-corrected chi connectivity index (χ1v) is 16.4. The minimum absolute atomic E-state index is 0.0427. The molecule has 11 heteroatoms. The number of aliphatic hydroxyl groups is 1. The van der Waals surface area contributed by atoms with Gasteiger partial charge in [-0.25, -0.2) is 0 Å². The van der Waals surface area contributed by atoms with Gasteiger partial charge >= 0.3 is 0 Å². The van der Waals surface area contributed by atoms with Crippen LogP contribution in [0.2, 0.25) is 10.0 Å². The van der Waals surface area contributed by atoms with Gasteiger partial charge < -0.3 is 9.84 Å². The molecule has 1 aliphatic rings. The number of rotatable bonds is 12. The molecule has 0 spiro atoms. The molecule has 1 amide bonds. The zero-order valence-corrected chi connectivity index (χ0v) is 27.1. The fourth-order valence-corrected chi connectivity index (χ4v) is 6.94. The van der Waals surface area contributed by atoms with Crippen molar-refractivity contribution in [3.05, 3.63) is 117 Å². The Morgan fingerprint density at radius 1 is 1.09 bits per heavy atom. The average Bonchev–Trinajstić information content (AvgIpc) is 3.57. The number of amides is 1. The molecule has 44 heavy (non-hydrogen) atoms. The van der Waals surface area contributed by atoms with Gasteiger partial charge in [-0.3, -0.25) is 14.5 Å². The Hall–Kier alpha value is -3.63. The SMILES string of the molecule is CC(C)CCOc1cccc(C2C(C(=O)C=Cc3ccccc3)=C(O)C(=O)N2c2nnc(SCc3ccc(Cl)cc3Cl)s2)c1. The van der Waals surface area contributed by atoms with Crippen LogP contribution in [0.15, 0.2) is 94.5 Å². The normalized spacial score (nSPS) is 15.2. The number of hydrogen-bond donors (Lipinski definition) is 1. The maximum atomic E-state index is 13.6. The number of anilines is 1. The molecule has 1 aromatic heterocycles. The van der Waals surface area contributed by atoms with Crippen LogP contribution >= 0.6 is 46.3 Å². The van der Waals surface area contributed by atoms with Gasteiger partial charge in [0.1, 0.15) is 5.75 Å². The molecule has 5 rings (SSSR count). The highest BCUT2D eigenvalue weighted by Crippen LogP contribution is 2.44. The highest BCUT2D eigenvalue weighted by atomic mass is 35.5. The van der Waals surface area contributed by atoms with E-state index < -0.39 is 23.5 Å². The number of benzene rings is 3. The number of hydrogen-bond acceptors (Lipinski definition) is 8. The number of carbonyl (C=O) groups is 2. The second kappa shape index (κ2) is 14.4. The molecule has 1 unspecified atom stereocenters. The van der Waals surface area contributed by atoms with Crippen LogP contribution in [-0.2, 0) is 15.3 Å². The maximum Gasteiger partial charge on any atom is 0.296 e. The first-order chi connectivity index (χ1) is 21.2. The van der Waals surface area contributed by atoms with Crippen LogP contribution < -0.4 is 9.64 Å². The Kier molecular flexibility index (Phi) is 10.4. The van der Waals surface area contributed by atoms with Gasteiger partial charge in [0, 0.05) is 15.8 Å². The number of aliphatic hydroxyl groups excluding tert-OH is 1. The number of allylic oxidation sites excluding steroid dienone is 1. The molecule has 0 radical (unpaired) electrons. The summed E-state index contributed by atoms with van der Waals surface area (Å²) in [5.41, 5.74) is 2.24. The van der Waals surface area contributed by atoms with E-state index in [2.05, 4.69) is 24.0 Å². The van der Waals surface area contributed by atoms with Gasteiger partial charge in [0.25, 0.3) is 5.91 Å². The molecule has 0 saturated carbocycles. The van der Waals surface area contributed by atoms with Gasteiger partial charge in [-0.1, -0.05) is 115 Å². The summed E-state index contributed by atoms with van der Waals surface area (Å²) in [6.45, 7) is 4.76. The first-order valence-electron chi connectivity index (χ1n) is 13.9. The quantitative estimate of drug-likeness (QED) is 0.0919. The van der Waals surface area contributed by atoms with E-state index in [1.807, 2.05) is 42.5 Å². The average molecular weight is 667 g/mol. The Bertz CT molecular complexity index is 1720. The fourth-order valence-electron chi connectivity index (χ4n) is 4.52. The summed E-state index contributed by atoms with van der Waals surface area (Å²) >= 11 is 14.9. The summed E-state index contributed by atoms with van der Waals surface area (Å²) in [5.74, 6) is -0.263. The van der Waals surface area contributed by atoms with E-state index in [4.69, 9.17) is 27.9 Å². The van der Waals surface area contributed by atoms with Gasteiger partial charge in [-0.2, -0.15) is 0 Å². The Morgan fingerprint density at radius 3 is 2.64 bits per heavy atom. The van der Waals surface area contributed by atoms with E-state index in [0.29, 0.717) is 44.0 Å². The van der Waals surface area contributed by atoms with Crippen LogP contribution in [0, 0.1) is 5.92 Å². The molecule has 7 nitrogen and oxygen atoms in total. The molecule has 0 bridgehead atoms. The number of ketones is 1. The van der Waals surface area contributed by atoms with E-state index in [9.17, 15) is 14.7 Å². The number of ether oxygens (including phenoxy) is 1. The van der Waals surface area contributed by atoms with Crippen LogP contribution in [0.3, 0.4) is 0 Å². The molecule has 226 valence electrons. The van der Waals surface area contributed by atoms with E-state index >= 15 is 0 Å². The molecule has 0 saturated heterocycles. The van der Waals surface area contributed by atoms with Crippen molar-refractivity contribution in [1.82, 2.24) is 10.2 Å². The third kappa shape index (κ3) is 7.53. The number of carbonyl (C=O) groups excluding carboxylic acids is 2. The van der Waals surface area contributed by atoms with Gasteiger partial charge in [-0.05, 0) is 59.4 Å². The van der Waals surface area contributed by atoms with Crippen molar-refractivity contribution in [2.45, 2.75) is 36.4 Å². The van der Waals surface area contributed by atoms with Gasteiger partial charge in [-0.15, -0.1) is 10.2 Å². The summed E-state index contributed by atoms with van der Waals surface area (Å²) in [5, 5.41) is 21.0. The zero-order valence-electron chi connectivity index (χ0n) is 23.9. The van der Waals surface area contributed by atoms with Crippen LogP contribution in [0.1, 0.15) is 43.0 Å². The molecule has 2 heterocycles. The van der Waals surface area contributed by atoms with Crippen molar-refractivity contribution < 1.29 is 19.4 Å². The van der Waals surface area contributed by atoms with E-state index in [1.54, 1.807) is 36.4 Å². The van der Waals surface area contributed by atoms with Crippen LogP contribution in [0.5, 0.6) is 5.75 Å². The molecule has 3 aromatic carbocycles. The summed E-state index contributed by atoms with van der Waals surface area (Å²) in [7, 11) is 0. The lowest BCUT2D eigenvalue weighted by Crippen LogP contribution is -2.30. The third-order valence-corrected chi connectivity index (χ3v) is 9.50. The molecular formula is C33H29Cl2N3O4S2. The molecule has 1 N–H and O–H groups in total. The number of aromatic nitrogens is 2. The maximum absolute atomic E-state index is 13.6. The minimum atomic E-state index is -0.944. The minimum Gasteiger partial charge on any atom is -0.503 e. The van der Waals surface area contributed by atoms with Crippen molar-refractivity contribution in [3.8, 4) is 5.75 Å². The summed E-state index contributed by atoms with van der Waals surface area (Å²) < 4.78 is 6.57. The van der Waals surface area contributed by atoms with Crippen molar-refractivity contribution in [1.29, 1.82) is 0 Å². The second-order valence-electron chi connectivity index (χ2n) is 10.4. The van der Waals surface area contributed by atoms with Gasteiger partial charge in [0.2, 0.25) is 5.13 Å². The van der Waals surface area contributed by atoms with Crippen LogP contribution in [-0.4, -0.2) is 33.6 Å². The number of halogens is 2. The smallest absolute Gasteiger partial charge is 0.296 e. The fraction of sp³-hybridized carbons (Fsp3) is 0.212. The third-order valence-electron chi connectivity index (χ3n) is 6.81. The Balaban J connectivity index is 1.46. The number of nitrogens with zero attached hydrogens (tertiary/aromatic N) is 3. The summed E-state index contributed by atoms with van der Waals surface area (Å²) in [4.78, 5) is 28.5. The Labute approximate surface area is 274 Å². The standard InChI is InChI=1S/C33H29Cl2N3O4S2/c1-20(2)15-16-42-25-10-6-9-22(17-25)29-28(27(39)14-11-21-7-4-3-5-8-21)30(40)31(41)38(29)32-36-37-33(44-32)43-19-23-12-13-24(34)18-26(23)35/h3-14,17-18,20,29,40H,15-16,19H2,1-2H3. The van der Waals surface area contributed by atoms with Crippen molar-refractivity contribution in [2.24, 2.45) is 5.92 Å².